The first-order valence-electron chi connectivity index (χ1n) is 5.82. The lowest BCUT2D eigenvalue weighted by atomic mass is 10.1. The number of ether oxygens (including phenoxy) is 1. The maximum absolute atomic E-state index is 13.2. The van der Waals surface area contributed by atoms with Gasteiger partial charge in [0.2, 0.25) is 0 Å². The number of nitrogens with two attached hydrogens (primary N) is 1. The average molecular weight is 249 g/mol. The van der Waals surface area contributed by atoms with Crippen LogP contribution in [0.2, 0.25) is 0 Å². The average Bonchev–Trinajstić information content (AvgIpc) is 2.82. The Labute approximate surface area is 105 Å². The topological polar surface area (TPSA) is 53.1 Å². The van der Waals surface area contributed by atoms with E-state index in [4.69, 9.17) is 10.5 Å². The second-order valence-corrected chi connectivity index (χ2v) is 4.09. The minimum atomic E-state index is -0.325. The predicted octanol–water partition coefficient (Wildman–Crippen LogP) is 2.12. The van der Waals surface area contributed by atoms with Crippen molar-refractivity contribution in [3.63, 3.8) is 0 Å². The highest BCUT2D eigenvalue weighted by molar-refractivity contribution is 5.36. The monoisotopic (exact) mass is 249 g/mol. The Morgan fingerprint density at radius 1 is 1.50 bits per heavy atom. The minimum absolute atomic E-state index is 0.190. The van der Waals surface area contributed by atoms with Crippen molar-refractivity contribution in [2.24, 2.45) is 5.73 Å². The summed E-state index contributed by atoms with van der Waals surface area (Å²) in [6.07, 6.45) is 3.55. The van der Waals surface area contributed by atoms with Gasteiger partial charge in [0.25, 0.3) is 0 Å². The van der Waals surface area contributed by atoms with Gasteiger partial charge >= 0.3 is 0 Å². The quantitative estimate of drug-likeness (QED) is 0.883. The fraction of sp³-hybridized carbons (Fsp3) is 0.308. The fourth-order valence-electron chi connectivity index (χ4n) is 1.69. The Hall–Kier alpha value is -1.88. The van der Waals surface area contributed by atoms with Gasteiger partial charge in [-0.05, 0) is 19.1 Å². The molecule has 1 aromatic heterocycles. The summed E-state index contributed by atoms with van der Waals surface area (Å²) in [6, 6.07) is 6.06. The van der Waals surface area contributed by atoms with Crippen LogP contribution in [0.25, 0.3) is 0 Å². The van der Waals surface area contributed by atoms with E-state index >= 15 is 0 Å². The van der Waals surface area contributed by atoms with Gasteiger partial charge in [-0.3, -0.25) is 4.68 Å². The van der Waals surface area contributed by atoms with E-state index in [9.17, 15) is 4.39 Å². The molecule has 0 aliphatic heterocycles. The van der Waals surface area contributed by atoms with Gasteiger partial charge in [0.15, 0.2) is 0 Å². The first kappa shape index (κ1) is 12.6. The van der Waals surface area contributed by atoms with Crippen LogP contribution in [0.5, 0.6) is 5.75 Å². The molecule has 0 saturated heterocycles. The van der Waals surface area contributed by atoms with Crippen molar-refractivity contribution < 1.29 is 9.13 Å². The van der Waals surface area contributed by atoms with Crippen molar-refractivity contribution in [2.45, 2.75) is 19.5 Å². The summed E-state index contributed by atoms with van der Waals surface area (Å²) in [5, 5.41) is 4.06. The normalized spacial score (nSPS) is 12.4. The predicted molar refractivity (Wildman–Crippen MR) is 66.7 cm³/mol. The van der Waals surface area contributed by atoms with Crippen molar-refractivity contribution in [2.75, 3.05) is 6.61 Å². The van der Waals surface area contributed by atoms with Crippen LogP contribution in [0, 0.1) is 5.82 Å². The number of hydrogen-bond donors (Lipinski definition) is 1. The zero-order chi connectivity index (χ0) is 13.0. The zero-order valence-corrected chi connectivity index (χ0v) is 10.2. The Morgan fingerprint density at radius 3 is 3.00 bits per heavy atom. The number of hydrogen-bond acceptors (Lipinski definition) is 3. The molecule has 18 heavy (non-hydrogen) atoms. The Balaban J connectivity index is 2.01. The van der Waals surface area contributed by atoms with E-state index in [1.165, 1.54) is 12.1 Å². The summed E-state index contributed by atoms with van der Waals surface area (Å²) < 4.78 is 20.5. The van der Waals surface area contributed by atoms with Crippen LogP contribution in [-0.4, -0.2) is 16.4 Å². The number of nitrogens with zero attached hydrogens (tertiary/aromatic N) is 2. The van der Waals surface area contributed by atoms with Crippen molar-refractivity contribution >= 4 is 0 Å². The van der Waals surface area contributed by atoms with Crippen molar-refractivity contribution in [1.29, 1.82) is 0 Å². The third-order valence-corrected chi connectivity index (χ3v) is 2.60. The van der Waals surface area contributed by atoms with Crippen LogP contribution in [0.4, 0.5) is 4.39 Å². The van der Waals surface area contributed by atoms with Crippen LogP contribution in [-0.2, 0) is 6.54 Å². The molecule has 0 unspecified atom stereocenters. The maximum atomic E-state index is 13.2. The van der Waals surface area contributed by atoms with E-state index in [1.807, 2.05) is 19.2 Å². The molecule has 0 saturated carbocycles. The Kier molecular flexibility index (Phi) is 3.94. The van der Waals surface area contributed by atoms with Crippen LogP contribution in [0.15, 0.2) is 36.7 Å². The molecule has 1 atom stereocenters. The van der Waals surface area contributed by atoms with Gasteiger partial charge in [-0.2, -0.15) is 5.10 Å². The summed E-state index contributed by atoms with van der Waals surface area (Å²) in [6.45, 7) is 2.88. The van der Waals surface area contributed by atoms with Crippen LogP contribution >= 0.6 is 0 Å². The highest BCUT2D eigenvalue weighted by Gasteiger charge is 2.09. The first-order valence-corrected chi connectivity index (χ1v) is 5.82. The Bertz CT molecular complexity index is 497. The molecule has 2 rings (SSSR count). The van der Waals surface area contributed by atoms with Gasteiger partial charge in [0.05, 0.1) is 6.54 Å². The molecule has 0 aliphatic rings. The fourth-order valence-corrected chi connectivity index (χ4v) is 1.69. The third-order valence-electron chi connectivity index (χ3n) is 2.60. The number of aromatic nitrogens is 2. The second kappa shape index (κ2) is 5.64. The molecular formula is C13H16FN3O. The highest BCUT2D eigenvalue weighted by atomic mass is 19.1. The Morgan fingerprint density at radius 2 is 2.33 bits per heavy atom. The molecule has 1 heterocycles. The molecule has 0 amide bonds. The van der Waals surface area contributed by atoms with E-state index in [1.54, 1.807) is 16.9 Å². The van der Waals surface area contributed by atoms with E-state index in [0.29, 0.717) is 18.9 Å². The van der Waals surface area contributed by atoms with Crippen LogP contribution < -0.4 is 10.5 Å². The van der Waals surface area contributed by atoms with Crippen molar-refractivity contribution in [3.8, 4) is 5.75 Å². The van der Waals surface area contributed by atoms with E-state index in [0.717, 1.165) is 5.56 Å². The molecule has 0 spiro atoms. The summed E-state index contributed by atoms with van der Waals surface area (Å²) in [5.74, 6) is 0.172. The van der Waals surface area contributed by atoms with Crippen molar-refractivity contribution in [3.05, 3.63) is 48.0 Å². The molecule has 2 aromatic rings. The van der Waals surface area contributed by atoms with E-state index in [-0.39, 0.29) is 11.9 Å². The van der Waals surface area contributed by atoms with Gasteiger partial charge in [0.1, 0.15) is 18.2 Å². The molecule has 96 valence electrons. The lowest BCUT2D eigenvalue weighted by molar-refractivity contribution is 0.286. The number of benzene rings is 1. The molecule has 0 radical (unpaired) electrons. The summed E-state index contributed by atoms with van der Waals surface area (Å²) in [4.78, 5) is 0. The molecule has 0 fully saturated rings. The summed E-state index contributed by atoms with van der Waals surface area (Å²) in [7, 11) is 0. The smallest absolute Gasteiger partial charge is 0.127 e. The first-order chi connectivity index (χ1) is 8.66. The second-order valence-electron chi connectivity index (χ2n) is 4.09. The lowest BCUT2D eigenvalue weighted by Gasteiger charge is -2.14. The van der Waals surface area contributed by atoms with Gasteiger partial charge in [-0.15, -0.1) is 0 Å². The SMILES string of the molecule is C[C@H](N)c1ccc(F)cc1OCCn1cccn1. The molecule has 4 nitrogen and oxygen atoms in total. The highest BCUT2D eigenvalue weighted by Crippen LogP contribution is 2.24. The van der Waals surface area contributed by atoms with Gasteiger partial charge in [0, 0.05) is 30.1 Å². The molecule has 1 aromatic carbocycles. The minimum Gasteiger partial charge on any atom is -0.491 e. The molecular weight excluding hydrogens is 233 g/mol. The maximum Gasteiger partial charge on any atom is 0.127 e. The molecule has 0 aliphatic carbocycles. The van der Waals surface area contributed by atoms with Gasteiger partial charge in [-0.25, -0.2) is 4.39 Å². The standard InChI is InChI=1S/C13H16FN3O/c1-10(15)12-4-3-11(14)9-13(12)18-8-7-17-6-2-5-16-17/h2-6,9-10H,7-8,15H2,1H3/t10-/m0/s1. The number of halogens is 1. The molecule has 2 N–H and O–H groups in total. The van der Waals surface area contributed by atoms with Gasteiger partial charge < -0.3 is 10.5 Å². The molecule has 0 bridgehead atoms. The lowest BCUT2D eigenvalue weighted by Crippen LogP contribution is -2.12. The largest absolute Gasteiger partial charge is 0.491 e. The van der Waals surface area contributed by atoms with E-state index < -0.39 is 0 Å². The zero-order valence-electron chi connectivity index (χ0n) is 10.2. The third kappa shape index (κ3) is 3.07. The molecule has 5 heteroatoms. The van der Waals surface area contributed by atoms with Gasteiger partial charge in [-0.1, -0.05) is 6.07 Å². The van der Waals surface area contributed by atoms with Crippen LogP contribution in [0.1, 0.15) is 18.5 Å². The van der Waals surface area contributed by atoms with Crippen LogP contribution in [0.3, 0.4) is 0 Å². The summed E-state index contributed by atoms with van der Waals surface area (Å²) in [5.41, 5.74) is 6.61. The number of rotatable bonds is 5. The van der Waals surface area contributed by atoms with E-state index in [2.05, 4.69) is 5.10 Å². The van der Waals surface area contributed by atoms with Crippen molar-refractivity contribution in [1.82, 2.24) is 9.78 Å². The summed E-state index contributed by atoms with van der Waals surface area (Å²) >= 11 is 0.